The summed E-state index contributed by atoms with van der Waals surface area (Å²) in [6.07, 6.45) is 10.5. The normalized spacial score (nSPS) is 21.8. The minimum atomic E-state index is 0.387. The van der Waals surface area contributed by atoms with Crippen LogP contribution in [0.5, 0.6) is 0 Å². The lowest BCUT2D eigenvalue weighted by molar-refractivity contribution is 0.379. The summed E-state index contributed by atoms with van der Waals surface area (Å²) in [5, 5.41) is 9.76. The summed E-state index contributed by atoms with van der Waals surface area (Å²) in [6, 6.07) is 23.3. The van der Waals surface area contributed by atoms with Crippen molar-refractivity contribution in [3.05, 3.63) is 84.7 Å². The third kappa shape index (κ3) is 5.40. The van der Waals surface area contributed by atoms with Gasteiger partial charge < -0.3 is 26.3 Å². The van der Waals surface area contributed by atoms with Gasteiger partial charge in [-0.1, -0.05) is 55.5 Å². The number of aromatic amines is 2. The first-order valence-corrected chi connectivity index (χ1v) is 15.4. The lowest BCUT2D eigenvalue weighted by atomic mass is 9.98. The number of nitrogens with one attached hydrogen (secondary N) is 4. The predicted octanol–water partition coefficient (Wildman–Crippen LogP) is 6.56. The average molecular weight is 560 g/mol. The van der Waals surface area contributed by atoms with Crippen LogP contribution in [-0.2, 0) is 6.54 Å². The van der Waals surface area contributed by atoms with Crippen LogP contribution in [0.25, 0.3) is 44.4 Å². The molecule has 0 amide bonds. The molecule has 42 heavy (non-hydrogen) atoms. The van der Waals surface area contributed by atoms with Crippen LogP contribution in [0.1, 0.15) is 56.7 Å². The summed E-state index contributed by atoms with van der Waals surface area (Å²) >= 11 is 0. The van der Waals surface area contributed by atoms with Crippen LogP contribution in [0.15, 0.2) is 73.1 Å². The maximum absolute atomic E-state index is 4.74. The van der Waals surface area contributed by atoms with Crippen molar-refractivity contribution in [2.24, 2.45) is 17.1 Å². The molecule has 3 aliphatic rings. The highest BCUT2D eigenvalue weighted by Crippen LogP contribution is 2.44. The van der Waals surface area contributed by atoms with E-state index in [1.165, 1.54) is 66.6 Å². The topological polar surface area (TPSA) is 107 Å². The van der Waals surface area contributed by atoms with E-state index in [-0.39, 0.29) is 0 Å². The molecule has 1 saturated heterocycles. The molecule has 7 heteroatoms. The molecule has 2 saturated carbocycles. The fourth-order valence-electron chi connectivity index (χ4n) is 6.71. The van der Waals surface area contributed by atoms with Crippen molar-refractivity contribution >= 4 is 10.8 Å². The zero-order valence-corrected chi connectivity index (χ0v) is 24.6. The number of rotatable bonds is 8. The summed E-state index contributed by atoms with van der Waals surface area (Å²) in [7, 11) is 1.50. The highest BCUT2D eigenvalue weighted by atomic mass is 15.1. The van der Waals surface area contributed by atoms with Crippen LogP contribution in [0.2, 0.25) is 0 Å². The fraction of sp³-hybridized carbons (Fsp3) is 0.371. The first kappa shape index (κ1) is 27.1. The first-order valence-electron chi connectivity index (χ1n) is 15.4. The quantitative estimate of drug-likeness (QED) is 0.148. The second kappa shape index (κ2) is 11.1. The van der Waals surface area contributed by atoms with Crippen molar-refractivity contribution in [2.45, 2.75) is 57.7 Å². The Morgan fingerprint density at radius 2 is 1.48 bits per heavy atom. The van der Waals surface area contributed by atoms with Crippen LogP contribution in [0.4, 0.5) is 0 Å². The highest BCUT2D eigenvalue weighted by Gasteiger charge is 2.41. The van der Waals surface area contributed by atoms with Gasteiger partial charge in [-0.05, 0) is 90.1 Å². The fourth-order valence-corrected chi connectivity index (χ4v) is 6.71. The van der Waals surface area contributed by atoms with Gasteiger partial charge in [0.2, 0.25) is 0 Å². The van der Waals surface area contributed by atoms with E-state index in [2.05, 4.69) is 98.9 Å². The van der Waals surface area contributed by atoms with Crippen LogP contribution in [0, 0.1) is 11.3 Å². The Morgan fingerprint density at radius 3 is 2.19 bits per heavy atom. The van der Waals surface area contributed by atoms with E-state index in [0.29, 0.717) is 17.5 Å². The largest absolute Gasteiger partial charge is 0.341 e. The number of imidazole rings is 2. The molecular weight excluding hydrogens is 518 g/mol. The molecule has 7 nitrogen and oxygen atoms in total. The Bertz CT molecular complexity index is 1680. The Morgan fingerprint density at radius 1 is 0.810 bits per heavy atom. The smallest absolute Gasteiger partial charge is 0.124 e. The molecule has 216 valence electrons. The number of hydrogen-bond donors (Lipinski definition) is 5. The average Bonchev–Trinajstić information content (AvgIpc) is 3.59. The predicted molar refractivity (Wildman–Crippen MR) is 171 cm³/mol. The maximum Gasteiger partial charge on any atom is 0.124 e. The zero-order chi connectivity index (χ0) is 28.7. The third-order valence-electron chi connectivity index (χ3n) is 9.51. The van der Waals surface area contributed by atoms with E-state index in [0.717, 1.165) is 47.6 Å². The summed E-state index contributed by atoms with van der Waals surface area (Å²) in [5.74, 6) is 2.81. The van der Waals surface area contributed by atoms with Gasteiger partial charge in [0.15, 0.2) is 0 Å². The zero-order valence-electron chi connectivity index (χ0n) is 24.6. The van der Waals surface area contributed by atoms with Gasteiger partial charge >= 0.3 is 0 Å². The van der Waals surface area contributed by atoms with Crippen molar-refractivity contribution < 1.29 is 0 Å². The van der Waals surface area contributed by atoms with Gasteiger partial charge in [-0.3, -0.25) is 0 Å². The molecule has 8 rings (SSSR count). The molecule has 2 aromatic heterocycles. The molecule has 3 fully saturated rings. The van der Waals surface area contributed by atoms with Gasteiger partial charge in [-0.25, -0.2) is 9.97 Å². The molecule has 1 aliphatic heterocycles. The molecule has 6 N–H and O–H groups in total. The molecule has 3 aromatic carbocycles. The Hall–Kier alpha value is -3.78. The molecule has 0 radical (unpaired) electrons. The molecule has 3 heterocycles. The summed E-state index contributed by atoms with van der Waals surface area (Å²) in [5.41, 5.74) is 11.9. The van der Waals surface area contributed by atoms with Crippen molar-refractivity contribution in [3.8, 4) is 33.6 Å². The standard InChI is InChI=1S/C34H36N6.CH5N/c1-34(12-13-34)20-35-19-31-36-17-30(39-31)26-9-8-24-14-23(6-7-25(24)15-26)21-2-4-22(5-3-21)29-18-37-33(40-29)32-27-10-11-28(16-27)38-32;1-2/h2-9,14-15,17-18,27-28,32,35,38H,10-13,16,19-20H2,1H3,(H,36,39)(H,37,40);2H2,1H3. The van der Waals surface area contributed by atoms with Gasteiger partial charge in [-0.15, -0.1) is 0 Å². The summed E-state index contributed by atoms with van der Waals surface area (Å²) < 4.78 is 0. The van der Waals surface area contributed by atoms with Crippen molar-refractivity contribution in [2.75, 3.05) is 13.6 Å². The molecule has 5 aromatic rings. The van der Waals surface area contributed by atoms with E-state index in [4.69, 9.17) is 4.98 Å². The van der Waals surface area contributed by atoms with Crippen LogP contribution in [-0.4, -0.2) is 39.6 Å². The number of benzene rings is 3. The number of aromatic nitrogens is 4. The summed E-state index contributed by atoms with van der Waals surface area (Å²) in [6.45, 7) is 4.19. The first-order chi connectivity index (χ1) is 20.6. The molecule has 3 unspecified atom stereocenters. The number of piperidine rings is 1. The van der Waals surface area contributed by atoms with E-state index < -0.39 is 0 Å². The number of nitrogens with zero attached hydrogens (tertiary/aromatic N) is 2. The van der Waals surface area contributed by atoms with Gasteiger partial charge in [0.1, 0.15) is 11.6 Å². The van der Waals surface area contributed by atoms with Crippen molar-refractivity contribution in [1.82, 2.24) is 30.6 Å². The highest BCUT2D eigenvalue weighted by molar-refractivity contribution is 5.90. The summed E-state index contributed by atoms with van der Waals surface area (Å²) in [4.78, 5) is 16.4. The SMILES string of the molecule is CC1(CNCc2ncc(-c3ccc4cc(-c5ccc(-c6cnc(C7NC8CCC7C8)[nH]6)cc5)ccc4c3)[nH]2)CC1.CN. The minimum Gasteiger partial charge on any atom is -0.341 e. The van der Waals surface area contributed by atoms with Crippen LogP contribution >= 0.6 is 0 Å². The Labute approximate surface area is 247 Å². The van der Waals surface area contributed by atoms with Gasteiger partial charge in [-0.2, -0.15) is 0 Å². The molecule has 2 bridgehead atoms. The molecule has 2 aliphatic carbocycles. The number of hydrogen-bond acceptors (Lipinski definition) is 5. The van der Waals surface area contributed by atoms with Crippen LogP contribution < -0.4 is 16.4 Å². The van der Waals surface area contributed by atoms with E-state index in [1.807, 2.05) is 12.4 Å². The number of H-pyrrole nitrogens is 2. The molecular formula is C35H41N7. The Balaban J connectivity index is 0.00000141. The van der Waals surface area contributed by atoms with Gasteiger partial charge in [0.05, 0.1) is 36.4 Å². The van der Waals surface area contributed by atoms with E-state index in [9.17, 15) is 0 Å². The van der Waals surface area contributed by atoms with Gasteiger partial charge in [0, 0.05) is 18.2 Å². The molecule has 3 atom stereocenters. The maximum atomic E-state index is 4.74. The van der Waals surface area contributed by atoms with Crippen molar-refractivity contribution in [3.63, 3.8) is 0 Å². The van der Waals surface area contributed by atoms with E-state index >= 15 is 0 Å². The molecule has 0 spiro atoms. The monoisotopic (exact) mass is 559 g/mol. The second-order valence-corrected chi connectivity index (χ2v) is 12.6. The van der Waals surface area contributed by atoms with Crippen LogP contribution in [0.3, 0.4) is 0 Å². The third-order valence-corrected chi connectivity index (χ3v) is 9.51. The lowest BCUT2D eigenvalue weighted by Crippen LogP contribution is -2.29. The van der Waals surface area contributed by atoms with Gasteiger partial charge in [0.25, 0.3) is 0 Å². The Kier molecular flexibility index (Phi) is 7.18. The minimum absolute atomic E-state index is 0.387. The van der Waals surface area contributed by atoms with E-state index in [1.54, 1.807) is 0 Å². The lowest BCUT2D eigenvalue weighted by Gasteiger charge is -2.20. The second-order valence-electron chi connectivity index (χ2n) is 12.6. The number of nitrogens with two attached hydrogens (primary N) is 1. The number of fused-ring (bicyclic) bond motifs is 3. The van der Waals surface area contributed by atoms with Crippen molar-refractivity contribution in [1.29, 1.82) is 0 Å².